The van der Waals surface area contributed by atoms with Crippen molar-refractivity contribution in [3.63, 3.8) is 0 Å². The average Bonchev–Trinajstić information content (AvgIpc) is 2.67. The summed E-state index contributed by atoms with van der Waals surface area (Å²) in [5.41, 5.74) is 0.914. The van der Waals surface area contributed by atoms with Crippen molar-refractivity contribution in [2.45, 2.75) is 26.5 Å². The fourth-order valence-corrected chi connectivity index (χ4v) is 3.62. The van der Waals surface area contributed by atoms with E-state index in [4.69, 9.17) is 4.74 Å². The first-order valence-electron chi connectivity index (χ1n) is 5.85. The van der Waals surface area contributed by atoms with E-state index in [9.17, 15) is 0 Å². The minimum Gasteiger partial charge on any atom is -0.473 e. The van der Waals surface area contributed by atoms with E-state index in [-0.39, 0.29) is 6.10 Å². The second-order valence-electron chi connectivity index (χ2n) is 4.21. The Labute approximate surface area is 133 Å². The van der Waals surface area contributed by atoms with Crippen LogP contribution in [0.5, 0.6) is 5.88 Å². The molecule has 2 heterocycles. The molecule has 0 atom stereocenters. The summed E-state index contributed by atoms with van der Waals surface area (Å²) in [6.07, 6.45) is 1.85. The van der Waals surface area contributed by atoms with E-state index in [0.29, 0.717) is 5.88 Å². The summed E-state index contributed by atoms with van der Waals surface area (Å²) < 4.78 is 7.86. The summed E-state index contributed by atoms with van der Waals surface area (Å²) in [7, 11) is 0. The summed E-state index contributed by atoms with van der Waals surface area (Å²) in [6, 6.07) is 5.97. The van der Waals surface area contributed by atoms with Crippen LogP contribution in [-0.2, 0) is 6.54 Å². The Hall–Kier alpha value is -0.590. The number of rotatable bonds is 5. The Balaban J connectivity index is 2.06. The van der Waals surface area contributed by atoms with Crippen LogP contribution in [0.4, 0.5) is 5.69 Å². The smallest absolute Gasteiger partial charge is 0.237 e. The largest absolute Gasteiger partial charge is 0.473 e. The molecule has 6 heteroatoms. The average molecular weight is 406 g/mol. The molecule has 0 aliphatic carbocycles. The lowest BCUT2D eigenvalue weighted by Gasteiger charge is -2.13. The molecule has 19 heavy (non-hydrogen) atoms. The molecule has 0 amide bonds. The van der Waals surface area contributed by atoms with Gasteiger partial charge in [0, 0.05) is 22.1 Å². The Kier molecular flexibility index (Phi) is 5.24. The van der Waals surface area contributed by atoms with Crippen molar-refractivity contribution in [1.29, 1.82) is 0 Å². The number of halogens is 2. The Bertz CT molecular complexity index is 538. The van der Waals surface area contributed by atoms with E-state index in [2.05, 4.69) is 48.2 Å². The van der Waals surface area contributed by atoms with Crippen LogP contribution >= 0.6 is 43.2 Å². The van der Waals surface area contributed by atoms with E-state index < -0.39 is 0 Å². The first-order valence-corrected chi connectivity index (χ1v) is 8.25. The second kappa shape index (κ2) is 6.72. The number of pyridine rings is 1. The molecule has 0 radical (unpaired) electrons. The molecular formula is C13H14Br2N2OS. The van der Waals surface area contributed by atoms with Crippen molar-refractivity contribution in [1.82, 2.24) is 4.98 Å². The highest BCUT2D eigenvalue weighted by Crippen LogP contribution is 2.33. The number of thiophene rings is 1. The maximum absolute atomic E-state index is 5.67. The summed E-state index contributed by atoms with van der Waals surface area (Å²) in [5.74, 6) is 0.646. The molecule has 0 fully saturated rings. The van der Waals surface area contributed by atoms with Gasteiger partial charge in [-0.3, -0.25) is 0 Å². The maximum atomic E-state index is 5.67. The predicted molar refractivity (Wildman–Crippen MR) is 87.0 cm³/mol. The Morgan fingerprint density at radius 3 is 2.84 bits per heavy atom. The van der Waals surface area contributed by atoms with Crippen LogP contribution in [0.3, 0.4) is 0 Å². The van der Waals surface area contributed by atoms with Crippen LogP contribution in [0.2, 0.25) is 0 Å². The summed E-state index contributed by atoms with van der Waals surface area (Å²) >= 11 is 8.68. The van der Waals surface area contributed by atoms with Gasteiger partial charge in [0.2, 0.25) is 5.88 Å². The molecule has 0 aliphatic heterocycles. The lowest BCUT2D eigenvalue weighted by atomic mass is 10.3. The zero-order chi connectivity index (χ0) is 13.8. The van der Waals surface area contributed by atoms with Crippen LogP contribution < -0.4 is 10.1 Å². The van der Waals surface area contributed by atoms with E-state index >= 15 is 0 Å². The zero-order valence-electron chi connectivity index (χ0n) is 10.6. The molecule has 0 aromatic carbocycles. The highest BCUT2D eigenvalue weighted by Gasteiger charge is 2.08. The molecule has 0 saturated carbocycles. The molecule has 0 unspecified atom stereocenters. The third-order valence-electron chi connectivity index (χ3n) is 2.27. The van der Waals surface area contributed by atoms with E-state index in [1.807, 2.05) is 26.0 Å². The number of nitrogens with zero attached hydrogens (tertiary/aromatic N) is 1. The van der Waals surface area contributed by atoms with E-state index in [0.717, 1.165) is 20.5 Å². The number of aromatic nitrogens is 1. The molecule has 0 saturated heterocycles. The van der Waals surface area contributed by atoms with Gasteiger partial charge in [0.1, 0.15) is 0 Å². The SMILES string of the molecule is CC(C)Oc1ncccc1NCc1cc(Br)c(Br)s1. The van der Waals surface area contributed by atoms with Gasteiger partial charge in [-0.05, 0) is 63.9 Å². The van der Waals surface area contributed by atoms with E-state index in [1.165, 1.54) is 4.88 Å². The van der Waals surface area contributed by atoms with Crippen molar-refractivity contribution in [3.05, 3.63) is 37.5 Å². The number of anilines is 1. The van der Waals surface area contributed by atoms with Gasteiger partial charge < -0.3 is 10.1 Å². The van der Waals surface area contributed by atoms with Gasteiger partial charge in [0.15, 0.2) is 0 Å². The highest BCUT2D eigenvalue weighted by atomic mass is 79.9. The number of hydrogen-bond acceptors (Lipinski definition) is 4. The minimum atomic E-state index is 0.112. The molecule has 102 valence electrons. The van der Waals surface area contributed by atoms with Crippen molar-refractivity contribution >= 4 is 48.9 Å². The predicted octanol–water partition coefficient (Wildman–Crippen LogP) is 5.07. The fourth-order valence-electron chi connectivity index (χ4n) is 1.50. The second-order valence-corrected chi connectivity index (χ2v) is 7.52. The van der Waals surface area contributed by atoms with Crippen LogP contribution in [0.1, 0.15) is 18.7 Å². The Morgan fingerprint density at radius 1 is 1.42 bits per heavy atom. The van der Waals surface area contributed by atoms with Gasteiger partial charge in [-0.25, -0.2) is 4.98 Å². The molecule has 3 nitrogen and oxygen atoms in total. The first-order chi connectivity index (χ1) is 9.06. The van der Waals surface area contributed by atoms with Gasteiger partial charge >= 0.3 is 0 Å². The standard InChI is InChI=1S/C13H14Br2N2OS/c1-8(2)18-13-11(4-3-5-16-13)17-7-9-6-10(14)12(15)19-9/h3-6,8,17H,7H2,1-2H3. The summed E-state index contributed by atoms with van der Waals surface area (Å²) in [6.45, 7) is 4.73. The molecule has 2 aromatic rings. The zero-order valence-corrected chi connectivity index (χ0v) is 14.6. The minimum absolute atomic E-state index is 0.112. The number of hydrogen-bond donors (Lipinski definition) is 1. The summed E-state index contributed by atoms with van der Waals surface area (Å²) in [5, 5.41) is 3.36. The third kappa shape index (κ3) is 4.19. The Morgan fingerprint density at radius 2 is 2.21 bits per heavy atom. The van der Waals surface area contributed by atoms with Crippen molar-refractivity contribution in [2.24, 2.45) is 0 Å². The van der Waals surface area contributed by atoms with Gasteiger partial charge in [0.25, 0.3) is 0 Å². The monoisotopic (exact) mass is 404 g/mol. The van der Waals surface area contributed by atoms with Gasteiger partial charge in [-0.2, -0.15) is 0 Å². The number of ether oxygens (including phenoxy) is 1. The summed E-state index contributed by atoms with van der Waals surface area (Å²) in [4.78, 5) is 5.49. The van der Waals surface area contributed by atoms with E-state index in [1.54, 1.807) is 17.5 Å². The molecule has 2 aromatic heterocycles. The van der Waals surface area contributed by atoms with Gasteiger partial charge in [-0.15, -0.1) is 11.3 Å². The van der Waals surface area contributed by atoms with Crippen LogP contribution in [0.15, 0.2) is 32.7 Å². The van der Waals surface area contributed by atoms with Crippen LogP contribution in [-0.4, -0.2) is 11.1 Å². The van der Waals surface area contributed by atoms with Crippen LogP contribution in [0, 0.1) is 0 Å². The molecular weight excluding hydrogens is 392 g/mol. The molecule has 1 N–H and O–H groups in total. The molecule has 0 aliphatic rings. The molecule has 2 rings (SSSR count). The maximum Gasteiger partial charge on any atom is 0.237 e. The highest BCUT2D eigenvalue weighted by molar-refractivity contribution is 9.13. The first kappa shape index (κ1) is 14.8. The topological polar surface area (TPSA) is 34.1 Å². The van der Waals surface area contributed by atoms with Crippen molar-refractivity contribution in [2.75, 3.05) is 5.32 Å². The van der Waals surface area contributed by atoms with Gasteiger partial charge in [0.05, 0.1) is 15.6 Å². The normalized spacial score (nSPS) is 10.8. The quantitative estimate of drug-likeness (QED) is 0.754. The molecule has 0 bridgehead atoms. The third-order valence-corrected chi connectivity index (χ3v) is 5.52. The van der Waals surface area contributed by atoms with Gasteiger partial charge in [-0.1, -0.05) is 0 Å². The lowest BCUT2D eigenvalue weighted by Crippen LogP contribution is -2.09. The van der Waals surface area contributed by atoms with Crippen molar-refractivity contribution in [3.8, 4) is 5.88 Å². The van der Waals surface area contributed by atoms with Crippen molar-refractivity contribution < 1.29 is 4.74 Å². The van der Waals surface area contributed by atoms with Crippen LogP contribution in [0.25, 0.3) is 0 Å². The number of nitrogens with one attached hydrogen (secondary N) is 1. The lowest BCUT2D eigenvalue weighted by molar-refractivity contribution is 0.234. The molecule has 0 spiro atoms. The fraction of sp³-hybridized carbons (Fsp3) is 0.308.